The summed E-state index contributed by atoms with van der Waals surface area (Å²) in [7, 11) is 0. The zero-order chi connectivity index (χ0) is 12.5. The van der Waals surface area contributed by atoms with Gasteiger partial charge in [-0.15, -0.1) is 0 Å². The number of rotatable bonds is 1. The standard InChI is InChI=1S/C13H20N2O2/c1-13(2,9-14)12(16)15-7-8-17-11-6-4-3-5-10(11)15/h10-11H,3-8H2,1-2H3. The van der Waals surface area contributed by atoms with Gasteiger partial charge in [0.25, 0.3) is 0 Å². The molecule has 2 rings (SSSR count). The Labute approximate surface area is 103 Å². The van der Waals surface area contributed by atoms with E-state index in [2.05, 4.69) is 6.07 Å². The van der Waals surface area contributed by atoms with Crippen LogP contribution in [0.5, 0.6) is 0 Å². The predicted octanol–water partition coefficient (Wildman–Crippen LogP) is 1.71. The van der Waals surface area contributed by atoms with Crippen LogP contribution in [0.1, 0.15) is 39.5 Å². The molecule has 94 valence electrons. The Kier molecular flexibility index (Phi) is 3.39. The lowest BCUT2D eigenvalue weighted by Gasteiger charge is -2.45. The SMILES string of the molecule is CC(C)(C#N)C(=O)N1CCOC2CCCCC21. The second-order valence-corrected chi connectivity index (χ2v) is 5.50. The van der Waals surface area contributed by atoms with E-state index >= 15 is 0 Å². The van der Waals surface area contributed by atoms with E-state index in [0.29, 0.717) is 13.2 Å². The van der Waals surface area contributed by atoms with Crippen molar-refractivity contribution in [2.45, 2.75) is 51.7 Å². The zero-order valence-corrected chi connectivity index (χ0v) is 10.6. The van der Waals surface area contributed by atoms with Crippen molar-refractivity contribution >= 4 is 5.91 Å². The first-order valence-electron chi connectivity index (χ1n) is 6.40. The molecule has 1 saturated heterocycles. The number of carbonyl (C=O) groups excluding carboxylic acids is 1. The van der Waals surface area contributed by atoms with Crippen LogP contribution in [0.15, 0.2) is 0 Å². The molecule has 4 nitrogen and oxygen atoms in total. The van der Waals surface area contributed by atoms with Crippen LogP contribution < -0.4 is 0 Å². The largest absolute Gasteiger partial charge is 0.374 e. The summed E-state index contributed by atoms with van der Waals surface area (Å²) in [5.41, 5.74) is -0.917. The van der Waals surface area contributed by atoms with E-state index in [0.717, 1.165) is 19.3 Å². The summed E-state index contributed by atoms with van der Waals surface area (Å²) in [5, 5.41) is 9.06. The average molecular weight is 236 g/mol. The van der Waals surface area contributed by atoms with Crippen molar-refractivity contribution in [3.8, 4) is 6.07 Å². The predicted molar refractivity (Wildman–Crippen MR) is 63.1 cm³/mol. The molecule has 1 amide bonds. The van der Waals surface area contributed by atoms with Gasteiger partial charge in [0.1, 0.15) is 5.41 Å². The van der Waals surface area contributed by atoms with Crippen LogP contribution in [0.25, 0.3) is 0 Å². The molecule has 2 aliphatic rings. The fourth-order valence-electron chi connectivity index (χ4n) is 2.76. The van der Waals surface area contributed by atoms with E-state index < -0.39 is 5.41 Å². The number of morpholine rings is 1. The fraction of sp³-hybridized carbons (Fsp3) is 0.846. The number of hydrogen-bond donors (Lipinski definition) is 0. The van der Waals surface area contributed by atoms with Gasteiger partial charge in [-0.1, -0.05) is 12.8 Å². The third-order valence-corrected chi connectivity index (χ3v) is 3.81. The minimum atomic E-state index is -0.917. The molecular formula is C13H20N2O2. The molecule has 0 aromatic heterocycles. The Morgan fingerprint density at radius 3 is 2.82 bits per heavy atom. The Balaban J connectivity index is 2.14. The summed E-state index contributed by atoms with van der Waals surface area (Å²) in [6.07, 6.45) is 4.59. The molecule has 1 aliphatic carbocycles. The van der Waals surface area contributed by atoms with Crippen molar-refractivity contribution in [1.82, 2.24) is 4.90 Å². The van der Waals surface area contributed by atoms with Gasteiger partial charge in [-0.3, -0.25) is 4.79 Å². The molecule has 1 heterocycles. The van der Waals surface area contributed by atoms with Crippen molar-refractivity contribution in [2.75, 3.05) is 13.2 Å². The van der Waals surface area contributed by atoms with Gasteiger partial charge in [0.15, 0.2) is 0 Å². The van der Waals surface area contributed by atoms with Gasteiger partial charge in [-0.05, 0) is 26.7 Å². The minimum Gasteiger partial charge on any atom is -0.374 e. The van der Waals surface area contributed by atoms with E-state index in [-0.39, 0.29) is 18.1 Å². The molecule has 17 heavy (non-hydrogen) atoms. The third-order valence-electron chi connectivity index (χ3n) is 3.81. The molecule has 2 atom stereocenters. The van der Waals surface area contributed by atoms with Crippen molar-refractivity contribution in [1.29, 1.82) is 5.26 Å². The second-order valence-electron chi connectivity index (χ2n) is 5.50. The first-order chi connectivity index (χ1) is 8.06. The van der Waals surface area contributed by atoms with Gasteiger partial charge in [0.2, 0.25) is 5.91 Å². The maximum atomic E-state index is 12.4. The van der Waals surface area contributed by atoms with Gasteiger partial charge in [-0.25, -0.2) is 0 Å². The minimum absolute atomic E-state index is 0.0415. The molecule has 1 saturated carbocycles. The number of fused-ring (bicyclic) bond motifs is 1. The van der Waals surface area contributed by atoms with Crippen LogP contribution in [-0.2, 0) is 9.53 Å². The summed E-state index contributed by atoms with van der Waals surface area (Å²) in [6.45, 7) is 4.63. The summed E-state index contributed by atoms with van der Waals surface area (Å²) < 4.78 is 5.73. The normalized spacial score (nSPS) is 29.4. The molecule has 2 unspecified atom stereocenters. The molecule has 0 spiro atoms. The lowest BCUT2D eigenvalue weighted by atomic mass is 9.87. The van der Waals surface area contributed by atoms with Crippen molar-refractivity contribution in [3.63, 3.8) is 0 Å². The van der Waals surface area contributed by atoms with Gasteiger partial charge in [0, 0.05) is 6.54 Å². The van der Waals surface area contributed by atoms with Crippen LogP contribution in [-0.4, -0.2) is 36.1 Å². The van der Waals surface area contributed by atoms with Crippen LogP contribution in [0, 0.1) is 16.7 Å². The Bertz CT molecular complexity index is 344. The lowest BCUT2D eigenvalue weighted by Crippen LogP contribution is -2.57. The highest BCUT2D eigenvalue weighted by Crippen LogP contribution is 2.31. The van der Waals surface area contributed by atoms with E-state index in [9.17, 15) is 4.79 Å². The summed E-state index contributed by atoms with van der Waals surface area (Å²) >= 11 is 0. The highest BCUT2D eigenvalue weighted by atomic mass is 16.5. The van der Waals surface area contributed by atoms with Gasteiger partial charge in [0.05, 0.1) is 24.8 Å². The molecule has 0 aromatic carbocycles. The molecule has 0 radical (unpaired) electrons. The number of hydrogen-bond acceptors (Lipinski definition) is 3. The number of amides is 1. The molecular weight excluding hydrogens is 216 g/mol. The van der Waals surface area contributed by atoms with Gasteiger partial charge >= 0.3 is 0 Å². The monoisotopic (exact) mass is 236 g/mol. The lowest BCUT2D eigenvalue weighted by molar-refractivity contribution is -0.155. The molecule has 0 aromatic rings. The zero-order valence-electron chi connectivity index (χ0n) is 10.6. The summed E-state index contributed by atoms with van der Waals surface area (Å²) in [5.74, 6) is -0.0415. The number of nitrogens with zero attached hydrogens (tertiary/aromatic N) is 2. The summed E-state index contributed by atoms with van der Waals surface area (Å²) in [4.78, 5) is 14.2. The Morgan fingerprint density at radius 2 is 2.12 bits per heavy atom. The van der Waals surface area contributed by atoms with Gasteiger partial charge in [-0.2, -0.15) is 5.26 Å². The smallest absolute Gasteiger partial charge is 0.242 e. The van der Waals surface area contributed by atoms with Crippen molar-refractivity contribution in [2.24, 2.45) is 5.41 Å². The Hall–Kier alpha value is -1.08. The van der Waals surface area contributed by atoms with Crippen LogP contribution >= 0.6 is 0 Å². The van der Waals surface area contributed by atoms with Gasteiger partial charge < -0.3 is 9.64 Å². The first kappa shape index (κ1) is 12.4. The third kappa shape index (κ3) is 2.30. The van der Waals surface area contributed by atoms with Crippen LogP contribution in [0.3, 0.4) is 0 Å². The van der Waals surface area contributed by atoms with Crippen molar-refractivity contribution < 1.29 is 9.53 Å². The maximum Gasteiger partial charge on any atom is 0.242 e. The maximum absolute atomic E-state index is 12.4. The molecule has 0 N–H and O–H groups in total. The van der Waals surface area contributed by atoms with Crippen molar-refractivity contribution in [3.05, 3.63) is 0 Å². The van der Waals surface area contributed by atoms with Crippen LogP contribution in [0.4, 0.5) is 0 Å². The molecule has 2 fully saturated rings. The second kappa shape index (κ2) is 4.66. The van der Waals surface area contributed by atoms with Crippen LogP contribution in [0.2, 0.25) is 0 Å². The number of ether oxygens (including phenoxy) is 1. The Morgan fingerprint density at radius 1 is 1.41 bits per heavy atom. The van der Waals surface area contributed by atoms with E-state index in [1.54, 1.807) is 13.8 Å². The number of carbonyl (C=O) groups is 1. The highest BCUT2D eigenvalue weighted by Gasteiger charge is 2.41. The topological polar surface area (TPSA) is 53.3 Å². The van der Waals surface area contributed by atoms with E-state index in [1.165, 1.54) is 6.42 Å². The van der Waals surface area contributed by atoms with E-state index in [1.807, 2.05) is 4.90 Å². The molecule has 0 bridgehead atoms. The summed E-state index contributed by atoms with van der Waals surface area (Å²) in [6, 6.07) is 2.29. The average Bonchev–Trinajstić information content (AvgIpc) is 2.37. The fourth-order valence-corrected chi connectivity index (χ4v) is 2.76. The van der Waals surface area contributed by atoms with E-state index in [4.69, 9.17) is 10.00 Å². The quantitative estimate of drug-likeness (QED) is 0.696. The number of nitriles is 1. The highest BCUT2D eigenvalue weighted by molar-refractivity contribution is 5.85. The molecule has 1 aliphatic heterocycles. The first-order valence-corrected chi connectivity index (χ1v) is 6.40. The molecule has 4 heteroatoms.